The number of aromatic nitrogens is 3. The second kappa shape index (κ2) is 6.48. The number of furan rings is 1. The minimum atomic E-state index is -0.224. The standard InChI is InChI=1S/C15H11BrN4O2/c16-12-5-11(6-17-7-12)15(21)20-8-13-14(19-3-2-18-13)10-1-4-22-9-10/h1-7,9H,8H2,(H,20,21). The zero-order valence-corrected chi connectivity index (χ0v) is 12.9. The third-order valence-corrected chi connectivity index (χ3v) is 3.39. The Balaban J connectivity index is 1.76. The Labute approximate surface area is 134 Å². The summed E-state index contributed by atoms with van der Waals surface area (Å²) in [4.78, 5) is 24.7. The molecular weight excluding hydrogens is 348 g/mol. The molecule has 0 fully saturated rings. The van der Waals surface area contributed by atoms with E-state index in [1.165, 1.54) is 6.20 Å². The molecule has 0 aliphatic carbocycles. The highest BCUT2D eigenvalue weighted by molar-refractivity contribution is 9.10. The van der Waals surface area contributed by atoms with Gasteiger partial charge in [0.15, 0.2) is 0 Å². The maximum absolute atomic E-state index is 12.1. The molecule has 3 aromatic rings. The molecule has 7 heteroatoms. The SMILES string of the molecule is O=C(NCc1nccnc1-c1ccoc1)c1cncc(Br)c1. The molecule has 3 heterocycles. The second-order valence-electron chi connectivity index (χ2n) is 4.44. The van der Waals surface area contributed by atoms with Crippen molar-refractivity contribution in [2.45, 2.75) is 6.54 Å². The van der Waals surface area contributed by atoms with Crippen LogP contribution >= 0.6 is 15.9 Å². The lowest BCUT2D eigenvalue weighted by atomic mass is 10.2. The van der Waals surface area contributed by atoms with Crippen molar-refractivity contribution in [3.63, 3.8) is 0 Å². The van der Waals surface area contributed by atoms with E-state index in [-0.39, 0.29) is 12.5 Å². The molecule has 0 unspecified atom stereocenters. The molecule has 0 radical (unpaired) electrons. The summed E-state index contributed by atoms with van der Waals surface area (Å²) in [6.07, 6.45) is 9.48. The zero-order valence-electron chi connectivity index (χ0n) is 11.4. The van der Waals surface area contributed by atoms with Gasteiger partial charge in [-0.15, -0.1) is 0 Å². The highest BCUT2D eigenvalue weighted by atomic mass is 79.9. The second-order valence-corrected chi connectivity index (χ2v) is 5.35. The number of carbonyl (C=O) groups excluding carboxylic acids is 1. The number of nitrogens with zero attached hydrogens (tertiary/aromatic N) is 3. The van der Waals surface area contributed by atoms with Crippen molar-refractivity contribution in [3.8, 4) is 11.3 Å². The summed E-state index contributed by atoms with van der Waals surface area (Å²) in [5.41, 5.74) is 2.65. The Morgan fingerprint density at radius 2 is 2.14 bits per heavy atom. The highest BCUT2D eigenvalue weighted by Crippen LogP contribution is 2.19. The molecule has 6 nitrogen and oxygen atoms in total. The maximum atomic E-state index is 12.1. The summed E-state index contributed by atoms with van der Waals surface area (Å²) < 4.78 is 5.81. The van der Waals surface area contributed by atoms with Crippen LogP contribution in [0.2, 0.25) is 0 Å². The first-order chi connectivity index (χ1) is 10.7. The molecule has 0 aliphatic rings. The Kier molecular flexibility index (Phi) is 4.24. The lowest BCUT2D eigenvalue weighted by Gasteiger charge is -2.07. The van der Waals surface area contributed by atoms with Crippen LogP contribution in [0.25, 0.3) is 11.3 Å². The predicted molar refractivity (Wildman–Crippen MR) is 82.8 cm³/mol. The van der Waals surface area contributed by atoms with E-state index >= 15 is 0 Å². The van der Waals surface area contributed by atoms with E-state index < -0.39 is 0 Å². The van der Waals surface area contributed by atoms with Crippen molar-refractivity contribution in [3.05, 3.63) is 65.2 Å². The molecule has 1 amide bonds. The first-order valence-corrected chi connectivity index (χ1v) is 7.24. The molecule has 110 valence electrons. The van der Waals surface area contributed by atoms with E-state index in [4.69, 9.17) is 4.42 Å². The van der Waals surface area contributed by atoms with Gasteiger partial charge in [-0.1, -0.05) is 0 Å². The summed E-state index contributed by atoms with van der Waals surface area (Å²) in [6, 6.07) is 3.50. The monoisotopic (exact) mass is 358 g/mol. The fourth-order valence-corrected chi connectivity index (χ4v) is 2.30. The quantitative estimate of drug-likeness (QED) is 0.775. The van der Waals surface area contributed by atoms with Crippen molar-refractivity contribution < 1.29 is 9.21 Å². The third-order valence-electron chi connectivity index (χ3n) is 2.95. The van der Waals surface area contributed by atoms with E-state index in [1.807, 2.05) is 0 Å². The van der Waals surface area contributed by atoms with Crippen LogP contribution in [0.15, 0.2) is 58.3 Å². The summed E-state index contributed by atoms with van der Waals surface area (Å²) in [5, 5.41) is 2.81. The Morgan fingerprint density at radius 1 is 1.27 bits per heavy atom. The molecular formula is C15H11BrN4O2. The van der Waals surface area contributed by atoms with Crippen LogP contribution in [0.1, 0.15) is 16.1 Å². The molecule has 3 rings (SSSR count). The molecule has 1 N–H and O–H groups in total. The topological polar surface area (TPSA) is 80.9 Å². The number of nitrogens with one attached hydrogen (secondary N) is 1. The van der Waals surface area contributed by atoms with Gasteiger partial charge in [0.25, 0.3) is 5.91 Å². The number of carbonyl (C=O) groups is 1. The van der Waals surface area contributed by atoms with Crippen molar-refractivity contribution in [2.24, 2.45) is 0 Å². The van der Waals surface area contributed by atoms with Crippen molar-refractivity contribution >= 4 is 21.8 Å². The van der Waals surface area contributed by atoms with Gasteiger partial charge in [0.05, 0.1) is 36.0 Å². The van der Waals surface area contributed by atoms with Gasteiger partial charge in [-0.3, -0.25) is 19.7 Å². The molecule has 3 aromatic heterocycles. The van der Waals surface area contributed by atoms with Crippen LogP contribution in [0, 0.1) is 0 Å². The van der Waals surface area contributed by atoms with Crippen LogP contribution in [0.4, 0.5) is 0 Å². The van der Waals surface area contributed by atoms with Crippen molar-refractivity contribution in [2.75, 3.05) is 0 Å². The van der Waals surface area contributed by atoms with Crippen LogP contribution in [0.3, 0.4) is 0 Å². The van der Waals surface area contributed by atoms with Gasteiger partial charge < -0.3 is 9.73 Å². The predicted octanol–water partition coefficient (Wildman–Crippen LogP) is 2.82. The van der Waals surface area contributed by atoms with Crippen molar-refractivity contribution in [1.29, 1.82) is 0 Å². The Hall–Kier alpha value is -2.54. The normalized spacial score (nSPS) is 10.4. The van der Waals surface area contributed by atoms with Crippen LogP contribution in [-0.2, 0) is 6.54 Å². The molecule has 0 aromatic carbocycles. The smallest absolute Gasteiger partial charge is 0.253 e. The fourth-order valence-electron chi connectivity index (χ4n) is 1.94. The van der Waals surface area contributed by atoms with E-state index in [9.17, 15) is 4.79 Å². The summed E-state index contributed by atoms with van der Waals surface area (Å²) in [7, 11) is 0. The number of amides is 1. The van der Waals surface area contributed by atoms with E-state index in [0.29, 0.717) is 17.0 Å². The lowest BCUT2D eigenvalue weighted by molar-refractivity contribution is 0.0950. The fraction of sp³-hybridized carbons (Fsp3) is 0.0667. The van der Waals surface area contributed by atoms with E-state index in [0.717, 1.165) is 10.0 Å². The average molecular weight is 359 g/mol. The van der Waals surface area contributed by atoms with Gasteiger partial charge in [0, 0.05) is 34.8 Å². The van der Waals surface area contributed by atoms with Crippen LogP contribution in [-0.4, -0.2) is 20.9 Å². The van der Waals surface area contributed by atoms with E-state index in [2.05, 4.69) is 36.2 Å². The van der Waals surface area contributed by atoms with Crippen LogP contribution < -0.4 is 5.32 Å². The number of hydrogen-bond donors (Lipinski definition) is 1. The van der Waals surface area contributed by atoms with Gasteiger partial charge in [0.2, 0.25) is 0 Å². The molecule has 0 saturated carbocycles. The maximum Gasteiger partial charge on any atom is 0.253 e. The number of rotatable bonds is 4. The minimum absolute atomic E-state index is 0.224. The largest absolute Gasteiger partial charge is 0.472 e. The lowest BCUT2D eigenvalue weighted by Crippen LogP contribution is -2.24. The third kappa shape index (κ3) is 3.20. The average Bonchev–Trinajstić information content (AvgIpc) is 3.07. The summed E-state index contributed by atoms with van der Waals surface area (Å²) >= 11 is 3.29. The Bertz CT molecular complexity index is 790. The van der Waals surface area contributed by atoms with Gasteiger partial charge in [-0.05, 0) is 28.1 Å². The molecule has 0 atom stereocenters. The van der Waals surface area contributed by atoms with Gasteiger partial charge >= 0.3 is 0 Å². The van der Waals surface area contributed by atoms with Gasteiger partial charge in [-0.25, -0.2) is 0 Å². The molecule has 0 spiro atoms. The zero-order chi connectivity index (χ0) is 15.4. The van der Waals surface area contributed by atoms with Crippen molar-refractivity contribution in [1.82, 2.24) is 20.3 Å². The Morgan fingerprint density at radius 3 is 2.91 bits per heavy atom. The highest BCUT2D eigenvalue weighted by Gasteiger charge is 2.11. The molecule has 22 heavy (non-hydrogen) atoms. The molecule has 0 bridgehead atoms. The van der Waals surface area contributed by atoms with Gasteiger partial charge in [-0.2, -0.15) is 0 Å². The van der Waals surface area contributed by atoms with Gasteiger partial charge in [0.1, 0.15) is 0 Å². The minimum Gasteiger partial charge on any atom is -0.472 e. The summed E-state index contributed by atoms with van der Waals surface area (Å²) in [5.74, 6) is -0.224. The molecule has 0 saturated heterocycles. The number of pyridine rings is 1. The first kappa shape index (κ1) is 14.4. The van der Waals surface area contributed by atoms with E-state index in [1.54, 1.807) is 43.2 Å². The molecule has 0 aliphatic heterocycles. The first-order valence-electron chi connectivity index (χ1n) is 6.45. The number of hydrogen-bond acceptors (Lipinski definition) is 5. The number of halogens is 1. The summed E-state index contributed by atoms with van der Waals surface area (Å²) in [6.45, 7) is 0.264. The van der Waals surface area contributed by atoms with Crippen LogP contribution in [0.5, 0.6) is 0 Å².